The molecule has 16 heavy (non-hydrogen) atoms. The molecule has 0 bridgehead atoms. The number of aryl methyl sites for hydroxylation is 1. The number of amides is 1. The maximum atomic E-state index is 10.9. The van der Waals surface area contributed by atoms with Gasteiger partial charge in [0, 0.05) is 12.6 Å². The fraction of sp³-hybridized carbons (Fsp3) is 0.455. The molecule has 1 heterocycles. The number of carbonyl (C=O) groups is 1. The summed E-state index contributed by atoms with van der Waals surface area (Å²) in [6.45, 7) is 3.80. The number of hydrogen-bond acceptors (Lipinski definition) is 4. The Labute approximate surface area is 95.0 Å². The van der Waals surface area contributed by atoms with E-state index in [1.165, 1.54) is 0 Å². The first kappa shape index (κ1) is 12.4. The Hall–Kier alpha value is -1.62. The summed E-state index contributed by atoms with van der Waals surface area (Å²) in [5.41, 5.74) is 2.93. The van der Waals surface area contributed by atoms with Crippen LogP contribution < -0.4 is 16.0 Å². The highest BCUT2D eigenvalue weighted by molar-refractivity contribution is 5.75. The summed E-state index contributed by atoms with van der Waals surface area (Å²) in [5.74, 6) is 5.56. The van der Waals surface area contributed by atoms with Crippen LogP contribution in [0.25, 0.3) is 0 Å². The van der Waals surface area contributed by atoms with Gasteiger partial charge < -0.3 is 4.74 Å². The summed E-state index contributed by atoms with van der Waals surface area (Å²) in [4.78, 5) is 15.1. The van der Waals surface area contributed by atoms with E-state index < -0.39 is 0 Å². The van der Waals surface area contributed by atoms with Gasteiger partial charge in [0.2, 0.25) is 5.91 Å². The summed E-state index contributed by atoms with van der Waals surface area (Å²) >= 11 is 0. The van der Waals surface area contributed by atoms with Gasteiger partial charge in [-0.3, -0.25) is 15.2 Å². The van der Waals surface area contributed by atoms with E-state index in [0.29, 0.717) is 12.8 Å². The Bertz CT molecular complexity index is 355. The minimum Gasteiger partial charge on any atom is -0.489 e. The highest BCUT2D eigenvalue weighted by atomic mass is 16.5. The molecule has 5 heteroatoms. The van der Waals surface area contributed by atoms with E-state index in [1.54, 1.807) is 6.20 Å². The molecule has 0 saturated carbocycles. The number of nitrogens with zero attached hydrogens (tertiary/aromatic N) is 1. The summed E-state index contributed by atoms with van der Waals surface area (Å²) < 4.78 is 5.66. The van der Waals surface area contributed by atoms with Crippen molar-refractivity contribution >= 4 is 5.91 Å². The topological polar surface area (TPSA) is 77.2 Å². The molecule has 0 saturated heterocycles. The fourth-order valence-electron chi connectivity index (χ4n) is 1.28. The van der Waals surface area contributed by atoms with Crippen LogP contribution in [0.4, 0.5) is 0 Å². The number of rotatable bonds is 5. The van der Waals surface area contributed by atoms with Gasteiger partial charge in [0.25, 0.3) is 0 Å². The lowest BCUT2D eigenvalue weighted by atomic mass is 10.2. The maximum Gasteiger partial charge on any atom is 0.234 e. The lowest BCUT2D eigenvalue weighted by Gasteiger charge is -2.15. The van der Waals surface area contributed by atoms with E-state index in [0.717, 1.165) is 11.4 Å². The van der Waals surface area contributed by atoms with Crippen molar-refractivity contribution in [3.05, 3.63) is 24.0 Å². The third kappa shape index (κ3) is 3.86. The summed E-state index contributed by atoms with van der Waals surface area (Å²) in [5, 5.41) is 0. The Balaban J connectivity index is 2.43. The second-order valence-electron chi connectivity index (χ2n) is 3.62. The van der Waals surface area contributed by atoms with Crippen LogP contribution in [-0.2, 0) is 4.79 Å². The second kappa shape index (κ2) is 6.07. The first-order valence-electron chi connectivity index (χ1n) is 5.21. The summed E-state index contributed by atoms with van der Waals surface area (Å²) in [7, 11) is 0. The van der Waals surface area contributed by atoms with Gasteiger partial charge in [-0.15, -0.1) is 0 Å². The predicted octanol–water partition coefficient (Wildman–Crippen LogP) is 0.927. The zero-order chi connectivity index (χ0) is 12.0. The fourth-order valence-corrected chi connectivity index (χ4v) is 1.28. The van der Waals surface area contributed by atoms with E-state index >= 15 is 0 Å². The standard InChI is InChI=1S/C11H17N3O2/c1-8(5-6-11(15)14-12)16-10-4-3-7-13-9(10)2/h3-4,7-8H,5-6,12H2,1-2H3,(H,14,15). The maximum absolute atomic E-state index is 10.9. The van der Waals surface area contributed by atoms with Gasteiger partial charge in [-0.2, -0.15) is 0 Å². The van der Waals surface area contributed by atoms with Crippen molar-refractivity contribution in [3.8, 4) is 5.75 Å². The molecule has 1 rings (SSSR count). The van der Waals surface area contributed by atoms with Gasteiger partial charge >= 0.3 is 0 Å². The van der Waals surface area contributed by atoms with Crippen LogP contribution in [0.3, 0.4) is 0 Å². The molecule has 0 spiro atoms. The number of carbonyl (C=O) groups excluding carboxylic acids is 1. The van der Waals surface area contributed by atoms with Crippen LogP contribution in [-0.4, -0.2) is 17.0 Å². The molecule has 0 aromatic carbocycles. The van der Waals surface area contributed by atoms with Gasteiger partial charge in [0.1, 0.15) is 5.75 Å². The Morgan fingerprint density at radius 2 is 2.44 bits per heavy atom. The van der Waals surface area contributed by atoms with Crippen molar-refractivity contribution in [3.63, 3.8) is 0 Å². The van der Waals surface area contributed by atoms with Crippen LogP contribution in [0.5, 0.6) is 5.75 Å². The van der Waals surface area contributed by atoms with Crippen LogP contribution in [0.2, 0.25) is 0 Å². The lowest BCUT2D eigenvalue weighted by molar-refractivity contribution is -0.121. The molecule has 1 unspecified atom stereocenters. The molecule has 0 radical (unpaired) electrons. The Morgan fingerprint density at radius 3 is 3.06 bits per heavy atom. The number of aromatic nitrogens is 1. The molecular weight excluding hydrogens is 206 g/mol. The molecule has 0 aliphatic carbocycles. The summed E-state index contributed by atoms with van der Waals surface area (Å²) in [6, 6.07) is 3.68. The van der Waals surface area contributed by atoms with Crippen molar-refractivity contribution in [1.29, 1.82) is 0 Å². The minimum atomic E-state index is -0.182. The van der Waals surface area contributed by atoms with Crippen molar-refractivity contribution in [2.45, 2.75) is 32.8 Å². The van der Waals surface area contributed by atoms with Crippen molar-refractivity contribution in [2.75, 3.05) is 0 Å². The minimum absolute atomic E-state index is 0.0415. The van der Waals surface area contributed by atoms with Crippen LogP contribution in [0.1, 0.15) is 25.5 Å². The van der Waals surface area contributed by atoms with Crippen LogP contribution in [0.15, 0.2) is 18.3 Å². The normalized spacial score (nSPS) is 11.9. The van der Waals surface area contributed by atoms with E-state index in [2.05, 4.69) is 10.4 Å². The van der Waals surface area contributed by atoms with E-state index in [-0.39, 0.29) is 12.0 Å². The van der Waals surface area contributed by atoms with Gasteiger partial charge in [-0.25, -0.2) is 5.84 Å². The SMILES string of the molecule is Cc1ncccc1OC(C)CCC(=O)NN. The van der Waals surface area contributed by atoms with E-state index in [4.69, 9.17) is 10.6 Å². The molecule has 1 aromatic rings. The average Bonchev–Trinajstić information content (AvgIpc) is 2.29. The molecule has 88 valence electrons. The zero-order valence-corrected chi connectivity index (χ0v) is 9.56. The van der Waals surface area contributed by atoms with Crippen LogP contribution >= 0.6 is 0 Å². The van der Waals surface area contributed by atoms with Crippen molar-refractivity contribution in [1.82, 2.24) is 10.4 Å². The molecule has 0 fully saturated rings. The number of hydrogen-bond donors (Lipinski definition) is 2. The molecule has 1 amide bonds. The molecule has 0 aliphatic heterocycles. The molecule has 0 aliphatic rings. The highest BCUT2D eigenvalue weighted by Crippen LogP contribution is 2.16. The number of hydrazine groups is 1. The van der Waals surface area contributed by atoms with Gasteiger partial charge in [0.15, 0.2) is 0 Å². The lowest BCUT2D eigenvalue weighted by Crippen LogP contribution is -2.30. The number of nitrogens with two attached hydrogens (primary N) is 1. The third-order valence-corrected chi connectivity index (χ3v) is 2.23. The summed E-state index contributed by atoms with van der Waals surface area (Å²) in [6.07, 6.45) is 2.66. The van der Waals surface area contributed by atoms with Crippen molar-refractivity contribution in [2.24, 2.45) is 5.84 Å². The average molecular weight is 223 g/mol. The Kier molecular flexibility index (Phi) is 4.72. The molecule has 3 N–H and O–H groups in total. The third-order valence-electron chi connectivity index (χ3n) is 2.23. The molecule has 1 aromatic heterocycles. The first-order chi connectivity index (χ1) is 7.63. The van der Waals surface area contributed by atoms with Crippen LogP contribution in [0, 0.1) is 6.92 Å². The molecule has 1 atom stereocenters. The number of ether oxygens (including phenoxy) is 1. The molecule has 5 nitrogen and oxygen atoms in total. The zero-order valence-electron chi connectivity index (χ0n) is 9.56. The predicted molar refractivity (Wildman–Crippen MR) is 60.6 cm³/mol. The van der Waals surface area contributed by atoms with Gasteiger partial charge in [0.05, 0.1) is 11.8 Å². The largest absolute Gasteiger partial charge is 0.489 e. The van der Waals surface area contributed by atoms with Gasteiger partial charge in [-0.1, -0.05) is 0 Å². The quantitative estimate of drug-likeness (QED) is 0.442. The van der Waals surface area contributed by atoms with Crippen molar-refractivity contribution < 1.29 is 9.53 Å². The molecular formula is C11H17N3O2. The number of nitrogens with one attached hydrogen (secondary N) is 1. The first-order valence-corrected chi connectivity index (χ1v) is 5.21. The Morgan fingerprint density at radius 1 is 1.69 bits per heavy atom. The smallest absolute Gasteiger partial charge is 0.234 e. The second-order valence-corrected chi connectivity index (χ2v) is 3.62. The number of pyridine rings is 1. The van der Waals surface area contributed by atoms with E-state index in [9.17, 15) is 4.79 Å². The van der Waals surface area contributed by atoms with Gasteiger partial charge in [-0.05, 0) is 32.4 Å². The highest BCUT2D eigenvalue weighted by Gasteiger charge is 2.08. The monoisotopic (exact) mass is 223 g/mol. The van der Waals surface area contributed by atoms with E-state index in [1.807, 2.05) is 26.0 Å².